The van der Waals surface area contributed by atoms with E-state index < -0.39 is 6.09 Å². The Labute approximate surface area is 67.0 Å². The number of hydrogen-bond donors (Lipinski definition) is 3. The highest BCUT2D eigenvalue weighted by atomic mass is 16.4. The van der Waals surface area contributed by atoms with Crippen molar-refractivity contribution in [3.8, 4) is 0 Å². The van der Waals surface area contributed by atoms with E-state index in [0.29, 0.717) is 12.6 Å². The zero-order valence-electron chi connectivity index (χ0n) is 7.05. The molecular formula is C7H16N2O2. The summed E-state index contributed by atoms with van der Waals surface area (Å²) in [5.41, 5.74) is 0. The van der Waals surface area contributed by atoms with Crippen LogP contribution in [0.15, 0.2) is 0 Å². The molecule has 0 aliphatic heterocycles. The number of nitrogens with one attached hydrogen (secondary N) is 2. The van der Waals surface area contributed by atoms with Gasteiger partial charge in [0.15, 0.2) is 0 Å². The van der Waals surface area contributed by atoms with Gasteiger partial charge in [-0.25, -0.2) is 4.79 Å². The minimum absolute atomic E-state index is 0.472. The van der Waals surface area contributed by atoms with Crippen molar-refractivity contribution < 1.29 is 9.90 Å². The highest BCUT2D eigenvalue weighted by molar-refractivity contribution is 5.64. The lowest BCUT2D eigenvalue weighted by Crippen LogP contribution is -2.28. The second-order valence-corrected chi connectivity index (χ2v) is 2.69. The molecule has 4 nitrogen and oxygen atoms in total. The Balaban J connectivity index is 2.97. The van der Waals surface area contributed by atoms with E-state index in [9.17, 15) is 4.79 Å². The third-order valence-electron chi connectivity index (χ3n) is 1.18. The van der Waals surface area contributed by atoms with Gasteiger partial charge in [0.2, 0.25) is 0 Å². The monoisotopic (exact) mass is 160 g/mol. The molecule has 0 aromatic heterocycles. The van der Waals surface area contributed by atoms with Crippen molar-refractivity contribution in [1.82, 2.24) is 10.6 Å². The summed E-state index contributed by atoms with van der Waals surface area (Å²) in [5, 5.41) is 13.7. The van der Waals surface area contributed by atoms with Crippen LogP contribution in [0.25, 0.3) is 0 Å². The highest BCUT2D eigenvalue weighted by Gasteiger charge is 1.93. The summed E-state index contributed by atoms with van der Waals surface area (Å²) in [6, 6.07) is 0.472. The molecular weight excluding hydrogens is 144 g/mol. The van der Waals surface area contributed by atoms with Crippen LogP contribution in [0, 0.1) is 0 Å². The van der Waals surface area contributed by atoms with Gasteiger partial charge in [0.05, 0.1) is 0 Å². The van der Waals surface area contributed by atoms with Crippen LogP contribution in [0.3, 0.4) is 0 Å². The first-order valence-electron chi connectivity index (χ1n) is 3.83. The topological polar surface area (TPSA) is 61.4 Å². The molecule has 0 unspecified atom stereocenters. The minimum atomic E-state index is -0.949. The van der Waals surface area contributed by atoms with E-state index in [2.05, 4.69) is 24.5 Å². The van der Waals surface area contributed by atoms with E-state index >= 15 is 0 Å². The van der Waals surface area contributed by atoms with Crippen molar-refractivity contribution in [2.45, 2.75) is 26.3 Å². The van der Waals surface area contributed by atoms with Crippen molar-refractivity contribution in [1.29, 1.82) is 0 Å². The molecule has 0 aromatic carbocycles. The van der Waals surface area contributed by atoms with Gasteiger partial charge in [0, 0.05) is 12.6 Å². The molecule has 0 fully saturated rings. The molecule has 66 valence electrons. The predicted molar refractivity (Wildman–Crippen MR) is 43.8 cm³/mol. The maximum absolute atomic E-state index is 9.96. The van der Waals surface area contributed by atoms with Gasteiger partial charge in [-0.05, 0) is 13.0 Å². The first-order valence-corrected chi connectivity index (χ1v) is 3.83. The number of carbonyl (C=O) groups is 1. The summed E-state index contributed by atoms with van der Waals surface area (Å²) in [5.74, 6) is 0. The molecule has 0 aromatic rings. The molecule has 0 radical (unpaired) electrons. The maximum Gasteiger partial charge on any atom is 0.404 e. The quantitative estimate of drug-likeness (QED) is 0.517. The standard InChI is InChI=1S/C7H16N2O2/c1-6(2)8-4-3-5-9-7(10)11/h6,8-9H,3-5H2,1-2H3,(H,10,11). The molecule has 0 rings (SSSR count). The summed E-state index contributed by atoms with van der Waals surface area (Å²) in [6.45, 7) is 5.50. The van der Waals surface area contributed by atoms with Crippen LogP contribution in [0.2, 0.25) is 0 Å². The molecule has 0 spiro atoms. The molecule has 11 heavy (non-hydrogen) atoms. The van der Waals surface area contributed by atoms with Gasteiger partial charge in [0.1, 0.15) is 0 Å². The van der Waals surface area contributed by atoms with E-state index in [1.165, 1.54) is 0 Å². The Morgan fingerprint density at radius 2 is 2.09 bits per heavy atom. The Morgan fingerprint density at radius 3 is 2.55 bits per heavy atom. The van der Waals surface area contributed by atoms with Crippen LogP contribution in [-0.4, -0.2) is 30.3 Å². The Bertz CT molecular complexity index is 115. The number of rotatable bonds is 5. The van der Waals surface area contributed by atoms with Crippen molar-refractivity contribution in [2.75, 3.05) is 13.1 Å². The summed E-state index contributed by atoms with van der Waals surface area (Å²) in [7, 11) is 0. The van der Waals surface area contributed by atoms with E-state index in [0.717, 1.165) is 13.0 Å². The third kappa shape index (κ3) is 9.23. The largest absolute Gasteiger partial charge is 0.465 e. The van der Waals surface area contributed by atoms with Gasteiger partial charge in [-0.1, -0.05) is 13.8 Å². The summed E-state index contributed by atoms with van der Waals surface area (Å²) in [6.07, 6.45) is -0.112. The second kappa shape index (κ2) is 5.97. The van der Waals surface area contributed by atoms with Crippen LogP contribution in [-0.2, 0) is 0 Å². The fraction of sp³-hybridized carbons (Fsp3) is 0.857. The number of hydrogen-bond acceptors (Lipinski definition) is 2. The van der Waals surface area contributed by atoms with E-state index in [1.54, 1.807) is 0 Å². The number of carboxylic acid groups (broad SMARTS) is 1. The minimum Gasteiger partial charge on any atom is -0.465 e. The zero-order chi connectivity index (χ0) is 8.69. The van der Waals surface area contributed by atoms with Crippen molar-refractivity contribution in [3.63, 3.8) is 0 Å². The van der Waals surface area contributed by atoms with Crippen molar-refractivity contribution >= 4 is 6.09 Å². The van der Waals surface area contributed by atoms with Gasteiger partial charge in [-0.3, -0.25) is 0 Å². The molecule has 0 saturated heterocycles. The Morgan fingerprint density at radius 1 is 1.45 bits per heavy atom. The normalized spacial score (nSPS) is 10.1. The van der Waals surface area contributed by atoms with Crippen LogP contribution < -0.4 is 10.6 Å². The highest BCUT2D eigenvalue weighted by Crippen LogP contribution is 1.78. The van der Waals surface area contributed by atoms with E-state index in [-0.39, 0.29) is 0 Å². The van der Waals surface area contributed by atoms with Gasteiger partial charge >= 0.3 is 6.09 Å². The van der Waals surface area contributed by atoms with Gasteiger partial charge < -0.3 is 15.7 Å². The third-order valence-corrected chi connectivity index (χ3v) is 1.18. The van der Waals surface area contributed by atoms with Crippen LogP contribution in [0.5, 0.6) is 0 Å². The van der Waals surface area contributed by atoms with Crippen molar-refractivity contribution in [2.24, 2.45) is 0 Å². The predicted octanol–water partition coefficient (Wildman–Crippen LogP) is 0.642. The van der Waals surface area contributed by atoms with Gasteiger partial charge in [-0.2, -0.15) is 0 Å². The zero-order valence-corrected chi connectivity index (χ0v) is 7.05. The number of amides is 1. The van der Waals surface area contributed by atoms with Crippen LogP contribution >= 0.6 is 0 Å². The second-order valence-electron chi connectivity index (χ2n) is 2.69. The Hall–Kier alpha value is -0.770. The molecule has 3 N–H and O–H groups in total. The molecule has 0 atom stereocenters. The molecule has 4 heteroatoms. The first-order chi connectivity index (χ1) is 5.13. The molecule has 0 bridgehead atoms. The molecule has 0 aliphatic carbocycles. The fourth-order valence-electron chi connectivity index (χ4n) is 0.674. The molecule has 0 heterocycles. The first kappa shape index (κ1) is 10.2. The van der Waals surface area contributed by atoms with Gasteiger partial charge in [0.25, 0.3) is 0 Å². The molecule has 0 saturated carbocycles. The van der Waals surface area contributed by atoms with E-state index in [1.807, 2.05) is 0 Å². The van der Waals surface area contributed by atoms with Gasteiger partial charge in [-0.15, -0.1) is 0 Å². The maximum atomic E-state index is 9.96. The SMILES string of the molecule is CC(C)NCCCNC(=O)O. The lowest BCUT2D eigenvalue weighted by molar-refractivity contribution is 0.194. The lowest BCUT2D eigenvalue weighted by atomic mass is 10.3. The lowest BCUT2D eigenvalue weighted by Gasteiger charge is -2.06. The van der Waals surface area contributed by atoms with Crippen LogP contribution in [0.4, 0.5) is 4.79 Å². The summed E-state index contributed by atoms with van der Waals surface area (Å²) in [4.78, 5) is 9.96. The smallest absolute Gasteiger partial charge is 0.404 e. The fourth-order valence-corrected chi connectivity index (χ4v) is 0.674. The van der Waals surface area contributed by atoms with Crippen molar-refractivity contribution in [3.05, 3.63) is 0 Å². The average molecular weight is 160 g/mol. The molecule has 0 aliphatic rings. The summed E-state index contributed by atoms with van der Waals surface area (Å²) >= 11 is 0. The van der Waals surface area contributed by atoms with Crippen LogP contribution in [0.1, 0.15) is 20.3 Å². The average Bonchev–Trinajstić information content (AvgIpc) is 1.85. The summed E-state index contributed by atoms with van der Waals surface area (Å²) < 4.78 is 0. The Kier molecular flexibility index (Phi) is 5.56. The van der Waals surface area contributed by atoms with E-state index in [4.69, 9.17) is 5.11 Å². The molecule has 1 amide bonds.